The van der Waals surface area contributed by atoms with Gasteiger partial charge in [-0.1, -0.05) is 6.92 Å². The van der Waals surface area contributed by atoms with Crippen LogP contribution in [0.25, 0.3) is 0 Å². The van der Waals surface area contributed by atoms with Crippen molar-refractivity contribution in [1.82, 2.24) is 0 Å². The first-order valence-electron chi connectivity index (χ1n) is 6.22. The van der Waals surface area contributed by atoms with Gasteiger partial charge in [0.2, 0.25) is 0 Å². The first-order valence-corrected chi connectivity index (χ1v) is 7.10. The maximum Gasteiger partial charge on any atom is 0.417 e. The molecule has 1 saturated heterocycles. The van der Waals surface area contributed by atoms with Crippen molar-refractivity contribution in [3.05, 3.63) is 16.3 Å². The zero-order valence-electron chi connectivity index (χ0n) is 11.6. The molecule has 8 heteroatoms. The lowest BCUT2D eigenvalue weighted by Crippen LogP contribution is -2.47. The van der Waals surface area contributed by atoms with Gasteiger partial charge in [-0.3, -0.25) is 0 Å². The third-order valence-electron chi connectivity index (χ3n) is 4.09. The topological polar surface area (TPSA) is 55.8 Å². The largest absolute Gasteiger partial charge is 0.496 e. The molecule has 0 aromatic carbocycles. The number of rotatable bonds is 3. The maximum atomic E-state index is 13.3. The van der Waals surface area contributed by atoms with Gasteiger partial charge in [0.05, 0.1) is 12.0 Å². The van der Waals surface area contributed by atoms with Gasteiger partial charge >= 0.3 is 12.1 Å². The summed E-state index contributed by atoms with van der Waals surface area (Å²) in [5.41, 5.74) is -2.50. The Morgan fingerprint density at radius 3 is 2.62 bits per heavy atom. The second-order valence-corrected chi connectivity index (χ2v) is 6.10. The third-order valence-corrected chi connectivity index (χ3v) is 5.09. The summed E-state index contributed by atoms with van der Waals surface area (Å²) in [6, 6.07) is 1.61. The summed E-state index contributed by atoms with van der Waals surface area (Å²) >= 11 is 1.17. The van der Waals surface area contributed by atoms with E-state index in [1.807, 2.05) is 0 Å². The van der Waals surface area contributed by atoms with Crippen LogP contribution in [0.2, 0.25) is 0 Å². The van der Waals surface area contributed by atoms with Gasteiger partial charge in [-0.05, 0) is 18.4 Å². The number of carbonyl (C=O) groups is 1. The molecule has 4 nitrogen and oxygen atoms in total. The number of halogens is 3. The Balaban J connectivity index is 2.50. The number of aliphatic carboxylic acids is 1. The highest BCUT2D eigenvalue weighted by molar-refractivity contribution is 7.10. The van der Waals surface area contributed by atoms with E-state index in [0.29, 0.717) is 10.6 Å². The number of alkyl halides is 3. The van der Waals surface area contributed by atoms with Gasteiger partial charge in [0, 0.05) is 11.8 Å². The molecule has 0 radical (unpaired) electrons. The average molecular weight is 324 g/mol. The summed E-state index contributed by atoms with van der Waals surface area (Å²) in [6.07, 6.45) is -6.21. The highest BCUT2D eigenvalue weighted by Gasteiger charge is 2.66. The number of methoxy groups -OCH3 is 1. The lowest BCUT2D eigenvalue weighted by atomic mass is 9.80. The van der Waals surface area contributed by atoms with Crippen LogP contribution >= 0.6 is 11.3 Å². The smallest absolute Gasteiger partial charge is 0.417 e. The van der Waals surface area contributed by atoms with Crippen LogP contribution in [-0.4, -0.2) is 36.1 Å². The summed E-state index contributed by atoms with van der Waals surface area (Å²) in [5.74, 6) is -2.98. The van der Waals surface area contributed by atoms with Crippen LogP contribution in [0.4, 0.5) is 13.2 Å². The quantitative estimate of drug-likeness (QED) is 0.927. The first-order chi connectivity index (χ1) is 9.63. The fourth-order valence-corrected chi connectivity index (χ4v) is 3.75. The van der Waals surface area contributed by atoms with Gasteiger partial charge < -0.3 is 14.6 Å². The number of hydrogen-bond donors (Lipinski definition) is 1. The number of ether oxygens (including phenoxy) is 2. The zero-order valence-corrected chi connectivity index (χ0v) is 12.4. The molecule has 1 aliphatic rings. The minimum atomic E-state index is -4.65. The molecule has 4 unspecified atom stereocenters. The van der Waals surface area contributed by atoms with Crippen molar-refractivity contribution in [3.8, 4) is 5.75 Å². The van der Waals surface area contributed by atoms with Crippen molar-refractivity contribution < 1.29 is 32.5 Å². The van der Waals surface area contributed by atoms with Gasteiger partial charge in [-0.2, -0.15) is 13.2 Å². The Kier molecular flexibility index (Phi) is 3.96. The minimum absolute atomic E-state index is 0.387. The molecule has 0 spiro atoms. The van der Waals surface area contributed by atoms with Crippen molar-refractivity contribution in [3.63, 3.8) is 0 Å². The van der Waals surface area contributed by atoms with Gasteiger partial charge in [0.25, 0.3) is 0 Å². The first kappa shape index (κ1) is 16.1. The molecular formula is C13H15F3O4S. The molecule has 2 rings (SSSR count). The predicted octanol–water partition coefficient (Wildman–Crippen LogP) is 3.28. The minimum Gasteiger partial charge on any atom is -0.496 e. The molecule has 1 aliphatic heterocycles. The molecule has 21 heavy (non-hydrogen) atoms. The Hall–Kier alpha value is -1.28. The van der Waals surface area contributed by atoms with E-state index in [4.69, 9.17) is 9.47 Å². The molecular weight excluding hydrogens is 309 g/mol. The third kappa shape index (κ3) is 2.40. The van der Waals surface area contributed by atoms with Crippen molar-refractivity contribution in [2.75, 3.05) is 7.11 Å². The zero-order chi connectivity index (χ0) is 16.0. The van der Waals surface area contributed by atoms with E-state index in [1.165, 1.54) is 25.4 Å². The summed E-state index contributed by atoms with van der Waals surface area (Å²) in [6.45, 7) is 2.26. The number of hydrogen-bond acceptors (Lipinski definition) is 4. The molecule has 0 bridgehead atoms. The van der Waals surface area contributed by atoms with Crippen LogP contribution in [0.1, 0.15) is 24.6 Å². The lowest BCUT2D eigenvalue weighted by molar-refractivity contribution is -0.273. The fourth-order valence-electron chi connectivity index (χ4n) is 2.66. The van der Waals surface area contributed by atoms with E-state index >= 15 is 0 Å². The van der Waals surface area contributed by atoms with Crippen molar-refractivity contribution in [2.45, 2.75) is 37.6 Å². The Morgan fingerprint density at radius 1 is 1.52 bits per heavy atom. The molecule has 0 amide bonds. The van der Waals surface area contributed by atoms with Crippen LogP contribution < -0.4 is 4.74 Å². The van der Waals surface area contributed by atoms with E-state index in [9.17, 15) is 23.1 Å². The van der Waals surface area contributed by atoms with E-state index in [1.54, 1.807) is 11.4 Å². The van der Waals surface area contributed by atoms with Gasteiger partial charge in [0.15, 0.2) is 11.7 Å². The molecule has 1 aromatic rings. The van der Waals surface area contributed by atoms with Crippen LogP contribution in [0.5, 0.6) is 5.75 Å². The summed E-state index contributed by atoms with van der Waals surface area (Å²) < 4.78 is 49.9. The Bertz CT molecular complexity index is 542. The standard InChI is InChI=1S/C13H15F3O4S/c1-6-8(10-7(19-3)4-5-21-10)9(11(17)18)20-12(6,2)13(14,15)16/h4-6,8-9H,1-3H3,(H,17,18). The van der Waals surface area contributed by atoms with E-state index in [2.05, 4.69) is 0 Å². The number of thiophene rings is 1. The van der Waals surface area contributed by atoms with E-state index < -0.39 is 35.7 Å². The van der Waals surface area contributed by atoms with Crippen LogP contribution in [-0.2, 0) is 9.53 Å². The van der Waals surface area contributed by atoms with Crippen molar-refractivity contribution in [1.29, 1.82) is 0 Å². The normalized spacial score (nSPS) is 33.1. The van der Waals surface area contributed by atoms with Crippen LogP contribution in [0.15, 0.2) is 11.4 Å². The van der Waals surface area contributed by atoms with E-state index in [-0.39, 0.29) is 0 Å². The molecule has 0 saturated carbocycles. The Labute approximate surface area is 123 Å². The van der Waals surface area contributed by atoms with Gasteiger partial charge in [-0.15, -0.1) is 11.3 Å². The second-order valence-electron chi connectivity index (χ2n) is 5.15. The lowest BCUT2D eigenvalue weighted by Gasteiger charge is -2.31. The summed E-state index contributed by atoms with van der Waals surface area (Å²) in [7, 11) is 1.39. The number of carboxylic acid groups (broad SMARTS) is 1. The van der Waals surface area contributed by atoms with Gasteiger partial charge in [-0.25, -0.2) is 4.79 Å². The van der Waals surface area contributed by atoms with Gasteiger partial charge in [0.1, 0.15) is 5.75 Å². The average Bonchev–Trinajstić information content (AvgIpc) is 2.93. The second kappa shape index (κ2) is 5.17. The van der Waals surface area contributed by atoms with Crippen molar-refractivity contribution >= 4 is 17.3 Å². The number of carboxylic acids is 1. The molecule has 4 atom stereocenters. The highest BCUT2D eigenvalue weighted by atomic mass is 32.1. The van der Waals surface area contributed by atoms with Crippen LogP contribution in [0.3, 0.4) is 0 Å². The molecule has 0 aliphatic carbocycles. The SMILES string of the molecule is COc1ccsc1C1C(C(=O)O)OC(C)(C(F)(F)F)C1C. The monoisotopic (exact) mass is 324 g/mol. The van der Waals surface area contributed by atoms with Crippen molar-refractivity contribution in [2.24, 2.45) is 5.92 Å². The molecule has 1 N–H and O–H groups in total. The van der Waals surface area contributed by atoms with Crippen LogP contribution in [0, 0.1) is 5.92 Å². The highest BCUT2D eigenvalue weighted by Crippen LogP contribution is 2.55. The summed E-state index contributed by atoms with van der Waals surface area (Å²) in [5, 5.41) is 10.9. The molecule has 1 fully saturated rings. The fraction of sp³-hybridized carbons (Fsp3) is 0.615. The molecule has 2 heterocycles. The maximum absolute atomic E-state index is 13.3. The predicted molar refractivity (Wildman–Crippen MR) is 69.7 cm³/mol. The van der Waals surface area contributed by atoms with E-state index in [0.717, 1.165) is 6.92 Å². The summed E-state index contributed by atoms with van der Waals surface area (Å²) in [4.78, 5) is 11.8. The molecule has 118 valence electrons. The molecule has 1 aromatic heterocycles. The Morgan fingerprint density at radius 2 is 2.14 bits per heavy atom.